The fourth-order valence-electron chi connectivity index (χ4n) is 0.968. The highest BCUT2D eigenvalue weighted by Crippen LogP contribution is 2.18. The summed E-state index contributed by atoms with van der Waals surface area (Å²) in [5.74, 6) is -0.717. The van der Waals surface area contributed by atoms with Crippen molar-refractivity contribution in [1.82, 2.24) is 0 Å². The van der Waals surface area contributed by atoms with Gasteiger partial charge in [-0.25, -0.2) is 4.79 Å². The number of ether oxygens (including phenoxy) is 1. The van der Waals surface area contributed by atoms with Gasteiger partial charge in [0.2, 0.25) is 0 Å². The monoisotopic (exact) mass is 191 g/mol. The van der Waals surface area contributed by atoms with Crippen molar-refractivity contribution in [3.63, 3.8) is 0 Å². The lowest BCUT2D eigenvalue weighted by Crippen LogP contribution is -2.04. The van der Waals surface area contributed by atoms with E-state index in [-0.39, 0.29) is 23.5 Å². The molecule has 0 spiro atoms. The number of esters is 1. The van der Waals surface area contributed by atoms with Crippen LogP contribution in [0, 0.1) is 11.3 Å². The first kappa shape index (κ1) is 10.1. The normalized spacial score (nSPS) is 9.14. The van der Waals surface area contributed by atoms with Crippen LogP contribution in [0.5, 0.6) is 5.75 Å². The Morgan fingerprint density at radius 2 is 2.36 bits per heavy atom. The molecule has 4 heteroatoms. The molecule has 0 unspecified atom stereocenters. The van der Waals surface area contributed by atoms with Crippen molar-refractivity contribution in [3.05, 3.63) is 29.3 Å². The number of benzene rings is 1. The predicted octanol–water partition coefficient (Wildman–Crippen LogP) is 1.44. The summed E-state index contributed by atoms with van der Waals surface area (Å²) in [6.07, 6.45) is 0. The second-order valence-corrected chi connectivity index (χ2v) is 2.56. The van der Waals surface area contributed by atoms with Crippen LogP contribution < -0.4 is 0 Å². The lowest BCUT2D eigenvalue weighted by Gasteiger charge is -2.02. The molecule has 0 heterocycles. The molecular weight excluding hydrogens is 182 g/mol. The van der Waals surface area contributed by atoms with Gasteiger partial charge in [0, 0.05) is 0 Å². The number of carbonyl (C=O) groups is 1. The summed E-state index contributed by atoms with van der Waals surface area (Å²) in [6, 6.07) is 5.83. The van der Waals surface area contributed by atoms with Crippen molar-refractivity contribution in [2.75, 3.05) is 6.61 Å². The molecule has 0 fully saturated rings. The maximum Gasteiger partial charge on any atom is 0.338 e. The average Bonchev–Trinajstić information content (AvgIpc) is 2.18. The first-order valence-corrected chi connectivity index (χ1v) is 4.09. The Morgan fingerprint density at radius 1 is 1.64 bits per heavy atom. The molecule has 1 aromatic rings. The number of phenols is 1. The number of hydrogen-bond donors (Lipinski definition) is 1. The van der Waals surface area contributed by atoms with Crippen molar-refractivity contribution in [2.45, 2.75) is 6.92 Å². The second kappa shape index (κ2) is 4.28. The van der Waals surface area contributed by atoms with Crippen LogP contribution in [-0.4, -0.2) is 17.7 Å². The Morgan fingerprint density at radius 3 is 2.86 bits per heavy atom. The molecule has 0 aromatic heterocycles. The maximum absolute atomic E-state index is 11.2. The van der Waals surface area contributed by atoms with E-state index in [0.717, 1.165) is 0 Å². The third-order valence-electron chi connectivity index (χ3n) is 1.63. The quantitative estimate of drug-likeness (QED) is 0.718. The smallest absolute Gasteiger partial charge is 0.338 e. The van der Waals surface area contributed by atoms with Gasteiger partial charge in [0.25, 0.3) is 0 Å². The predicted molar refractivity (Wildman–Crippen MR) is 48.8 cm³/mol. The molecule has 0 saturated heterocycles. The fourth-order valence-corrected chi connectivity index (χ4v) is 0.968. The van der Waals surface area contributed by atoms with Gasteiger partial charge in [0.05, 0.1) is 17.7 Å². The lowest BCUT2D eigenvalue weighted by atomic mass is 10.1. The van der Waals surface area contributed by atoms with Gasteiger partial charge in [-0.2, -0.15) is 5.26 Å². The number of carbonyl (C=O) groups excluding carboxylic acids is 1. The third-order valence-corrected chi connectivity index (χ3v) is 1.63. The van der Waals surface area contributed by atoms with E-state index in [1.807, 2.05) is 0 Å². The van der Waals surface area contributed by atoms with Crippen molar-refractivity contribution in [3.8, 4) is 11.8 Å². The standard InChI is InChI=1S/C10H9NO3/c1-2-14-10(13)7-3-4-8(6-11)9(12)5-7/h3-5,12H,2H2,1H3. The number of aromatic hydroxyl groups is 1. The van der Waals surface area contributed by atoms with Gasteiger partial charge in [-0.1, -0.05) is 0 Å². The van der Waals surface area contributed by atoms with E-state index in [2.05, 4.69) is 0 Å². The van der Waals surface area contributed by atoms with Gasteiger partial charge < -0.3 is 9.84 Å². The molecule has 1 N–H and O–H groups in total. The zero-order valence-corrected chi connectivity index (χ0v) is 7.65. The third kappa shape index (κ3) is 2.02. The molecule has 0 aliphatic heterocycles. The van der Waals surface area contributed by atoms with Gasteiger partial charge in [0.1, 0.15) is 11.8 Å². The molecule has 1 aromatic carbocycles. The summed E-state index contributed by atoms with van der Waals surface area (Å²) < 4.78 is 4.72. The number of nitrogens with zero attached hydrogens (tertiary/aromatic N) is 1. The van der Waals surface area contributed by atoms with Crippen LogP contribution in [0.3, 0.4) is 0 Å². The van der Waals surface area contributed by atoms with Crippen molar-refractivity contribution < 1.29 is 14.6 Å². The van der Waals surface area contributed by atoms with Crippen LogP contribution in [0.4, 0.5) is 0 Å². The van der Waals surface area contributed by atoms with E-state index in [0.29, 0.717) is 0 Å². The summed E-state index contributed by atoms with van der Waals surface area (Å²) in [5, 5.41) is 17.8. The highest BCUT2D eigenvalue weighted by atomic mass is 16.5. The fraction of sp³-hybridized carbons (Fsp3) is 0.200. The van der Waals surface area contributed by atoms with Crippen molar-refractivity contribution >= 4 is 5.97 Å². The molecule has 72 valence electrons. The minimum Gasteiger partial charge on any atom is -0.507 e. The summed E-state index contributed by atoms with van der Waals surface area (Å²) >= 11 is 0. The van der Waals surface area contributed by atoms with Gasteiger partial charge in [0.15, 0.2) is 0 Å². The van der Waals surface area contributed by atoms with E-state index in [9.17, 15) is 9.90 Å². The minimum absolute atomic E-state index is 0.137. The molecule has 0 radical (unpaired) electrons. The SMILES string of the molecule is CCOC(=O)c1ccc(C#N)c(O)c1. The average molecular weight is 191 g/mol. The highest BCUT2D eigenvalue weighted by Gasteiger charge is 2.09. The number of phenolic OH excluding ortho intramolecular Hbond substituents is 1. The lowest BCUT2D eigenvalue weighted by molar-refractivity contribution is 0.0526. The van der Waals surface area contributed by atoms with Crippen molar-refractivity contribution in [2.24, 2.45) is 0 Å². The molecule has 0 aliphatic carbocycles. The summed E-state index contributed by atoms with van der Waals surface area (Å²) in [6.45, 7) is 1.97. The molecular formula is C10H9NO3. The zero-order valence-electron chi connectivity index (χ0n) is 7.65. The first-order chi connectivity index (χ1) is 6.69. The number of nitriles is 1. The van der Waals surface area contributed by atoms with Crippen LogP contribution in [0.2, 0.25) is 0 Å². The van der Waals surface area contributed by atoms with Crippen LogP contribution in [0.15, 0.2) is 18.2 Å². The number of hydrogen-bond acceptors (Lipinski definition) is 4. The van der Waals surface area contributed by atoms with Gasteiger partial charge in [-0.05, 0) is 25.1 Å². The summed E-state index contributed by atoms with van der Waals surface area (Å²) in [5.41, 5.74) is 0.376. The molecule has 4 nitrogen and oxygen atoms in total. The topological polar surface area (TPSA) is 70.3 Å². The van der Waals surface area contributed by atoms with E-state index in [4.69, 9.17) is 10.00 Å². The Balaban J connectivity index is 2.98. The largest absolute Gasteiger partial charge is 0.507 e. The van der Waals surface area contributed by atoms with Gasteiger partial charge in [-0.15, -0.1) is 0 Å². The van der Waals surface area contributed by atoms with Crippen LogP contribution >= 0.6 is 0 Å². The van der Waals surface area contributed by atoms with Crippen LogP contribution in [-0.2, 0) is 4.74 Å². The van der Waals surface area contributed by atoms with E-state index < -0.39 is 5.97 Å². The Hall–Kier alpha value is -2.02. The van der Waals surface area contributed by atoms with Gasteiger partial charge >= 0.3 is 5.97 Å². The van der Waals surface area contributed by atoms with E-state index in [1.165, 1.54) is 18.2 Å². The first-order valence-electron chi connectivity index (χ1n) is 4.09. The minimum atomic E-state index is -0.507. The highest BCUT2D eigenvalue weighted by molar-refractivity contribution is 5.90. The van der Waals surface area contributed by atoms with Crippen LogP contribution in [0.25, 0.3) is 0 Å². The molecule has 0 bridgehead atoms. The Kier molecular flexibility index (Phi) is 3.08. The molecule has 14 heavy (non-hydrogen) atoms. The number of rotatable bonds is 2. The summed E-state index contributed by atoms with van der Waals surface area (Å²) in [7, 11) is 0. The van der Waals surface area contributed by atoms with E-state index >= 15 is 0 Å². The molecule has 0 aliphatic rings. The molecule has 0 atom stereocenters. The molecule has 0 saturated carbocycles. The van der Waals surface area contributed by atoms with Crippen LogP contribution in [0.1, 0.15) is 22.8 Å². The second-order valence-electron chi connectivity index (χ2n) is 2.56. The van der Waals surface area contributed by atoms with E-state index in [1.54, 1.807) is 13.0 Å². The van der Waals surface area contributed by atoms with Crippen molar-refractivity contribution in [1.29, 1.82) is 5.26 Å². The molecule has 1 rings (SSSR count). The van der Waals surface area contributed by atoms with Gasteiger partial charge in [-0.3, -0.25) is 0 Å². The summed E-state index contributed by atoms with van der Waals surface area (Å²) in [4.78, 5) is 11.2. The maximum atomic E-state index is 11.2. The molecule has 0 amide bonds. The Bertz CT molecular complexity index is 393. The Labute approximate surface area is 81.4 Å². The zero-order chi connectivity index (χ0) is 10.6.